The largest absolute Gasteiger partial charge is 0.550 e. The lowest BCUT2D eigenvalue weighted by atomic mass is 9.98. The standard InChI is InChI=1S/C9H12O4/c1-7(5(10)11)3-9(7)4-8(9,2)6(12)13/h3-4H2,1-2H3,(H,10,11)(H,12,13)/p-2/t7-,8-,9?/m0/s1. The van der Waals surface area contributed by atoms with E-state index in [0.29, 0.717) is 12.8 Å². The van der Waals surface area contributed by atoms with Gasteiger partial charge in [0, 0.05) is 22.8 Å². The van der Waals surface area contributed by atoms with Crippen molar-refractivity contribution in [3.05, 3.63) is 0 Å². The molecule has 0 N–H and O–H groups in total. The highest BCUT2D eigenvalue weighted by Gasteiger charge is 2.84. The zero-order chi connectivity index (χ0) is 10.1. The third-order valence-corrected chi connectivity index (χ3v) is 4.07. The summed E-state index contributed by atoms with van der Waals surface area (Å²) in [6.07, 6.45) is 0.819. The van der Waals surface area contributed by atoms with Crippen molar-refractivity contribution in [3.8, 4) is 0 Å². The van der Waals surface area contributed by atoms with Gasteiger partial charge in [0.15, 0.2) is 0 Å². The molecule has 2 rings (SSSR count). The monoisotopic (exact) mass is 182 g/mol. The molecule has 0 aliphatic heterocycles. The van der Waals surface area contributed by atoms with Crippen LogP contribution in [0.25, 0.3) is 0 Å². The Balaban J connectivity index is 2.26. The van der Waals surface area contributed by atoms with Crippen LogP contribution < -0.4 is 10.2 Å². The Hall–Kier alpha value is -1.06. The van der Waals surface area contributed by atoms with E-state index in [-0.39, 0.29) is 0 Å². The van der Waals surface area contributed by atoms with Crippen LogP contribution in [-0.4, -0.2) is 11.9 Å². The Kier molecular flexibility index (Phi) is 1.14. The number of aliphatic carboxylic acids is 2. The molecule has 2 aliphatic rings. The Morgan fingerprint density at radius 2 is 1.31 bits per heavy atom. The molecule has 0 saturated heterocycles. The van der Waals surface area contributed by atoms with Crippen LogP contribution in [0.3, 0.4) is 0 Å². The van der Waals surface area contributed by atoms with Crippen LogP contribution in [0, 0.1) is 16.2 Å². The summed E-state index contributed by atoms with van der Waals surface area (Å²) >= 11 is 0. The number of carbonyl (C=O) groups excluding carboxylic acids is 2. The molecular weight excluding hydrogens is 172 g/mol. The predicted molar refractivity (Wildman–Crippen MR) is 37.9 cm³/mol. The highest BCUT2D eigenvalue weighted by Crippen LogP contribution is 2.87. The molecule has 72 valence electrons. The Morgan fingerprint density at radius 3 is 1.46 bits per heavy atom. The molecule has 0 aromatic heterocycles. The zero-order valence-electron chi connectivity index (χ0n) is 7.55. The van der Waals surface area contributed by atoms with E-state index in [9.17, 15) is 19.8 Å². The summed E-state index contributed by atoms with van der Waals surface area (Å²) in [6.45, 7) is 3.10. The third kappa shape index (κ3) is 0.641. The molecule has 4 heteroatoms. The van der Waals surface area contributed by atoms with Gasteiger partial charge in [-0.05, 0) is 18.3 Å². The van der Waals surface area contributed by atoms with Crippen LogP contribution >= 0.6 is 0 Å². The molecule has 0 aromatic rings. The summed E-state index contributed by atoms with van der Waals surface area (Å²) in [5.74, 6) is -2.28. The van der Waals surface area contributed by atoms with Gasteiger partial charge in [0.1, 0.15) is 0 Å². The minimum absolute atomic E-state index is 0.410. The minimum atomic E-state index is -1.14. The third-order valence-electron chi connectivity index (χ3n) is 4.07. The Morgan fingerprint density at radius 1 is 1.00 bits per heavy atom. The normalized spacial score (nSPS) is 44.5. The molecular formula is C9H10O4-2. The van der Waals surface area contributed by atoms with Gasteiger partial charge in [0.25, 0.3) is 0 Å². The second-order valence-electron chi connectivity index (χ2n) is 4.67. The van der Waals surface area contributed by atoms with Crippen molar-refractivity contribution in [2.75, 3.05) is 0 Å². The quantitative estimate of drug-likeness (QED) is 0.509. The van der Waals surface area contributed by atoms with E-state index in [4.69, 9.17) is 0 Å². The van der Waals surface area contributed by atoms with Gasteiger partial charge in [-0.3, -0.25) is 0 Å². The lowest BCUT2D eigenvalue weighted by Crippen LogP contribution is -2.37. The fourth-order valence-electron chi connectivity index (χ4n) is 2.72. The lowest BCUT2D eigenvalue weighted by Gasteiger charge is -2.17. The maximum absolute atomic E-state index is 10.7. The van der Waals surface area contributed by atoms with Gasteiger partial charge in [-0.1, -0.05) is 13.8 Å². The second-order valence-corrected chi connectivity index (χ2v) is 4.67. The number of hydrogen-bond acceptors (Lipinski definition) is 4. The molecule has 0 aromatic carbocycles. The molecule has 2 aliphatic carbocycles. The summed E-state index contributed by atoms with van der Waals surface area (Å²) in [5, 5.41) is 21.4. The van der Waals surface area contributed by atoms with Gasteiger partial charge in [0.05, 0.1) is 0 Å². The molecule has 0 bridgehead atoms. The summed E-state index contributed by atoms with van der Waals surface area (Å²) in [4.78, 5) is 21.4. The number of hydrogen-bond donors (Lipinski definition) is 0. The highest BCUT2D eigenvalue weighted by atomic mass is 16.4. The topological polar surface area (TPSA) is 80.3 Å². The van der Waals surface area contributed by atoms with E-state index in [2.05, 4.69) is 0 Å². The molecule has 0 radical (unpaired) electrons. The highest BCUT2D eigenvalue weighted by molar-refractivity contribution is 5.87. The summed E-state index contributed by atoms with van der Waals surface area (Å²) < 4.78 is 0. The van der Waals surface area contributed by atoms with E-state index in [0.717, 1.165) is 0 Å². The molecule has 0 amide bonds. The number of carboxylic acid groups (broad SMARTS) is 2. The van der Waals surface area contributed by atoms with Gasteiger partial charge in [-0.15, -0.1) is 0 Å². The predicted octanol–water partition coefficient (Wildman–Crippen LogP) is -1.71. The van der Waals surface area contributed by atoms with Crippen LogP contribution in [0.5, 0.6) is 0 Å². The summed E-state index contributed by atoms with van der Waals surface area (Å²) in [7, 11) is 0. The summed E-state index contributed by atoms with van der Waals surface area (Å²) in [6, 6.07) is 0. The Bertz CT molecular complexity index is 290. The first-order valence-electron chi connectivity index (χ1n) is 4.23. The Labute approximate surface area is 75.6 Å². The van der Waals surface area contributed by atoms with Gasteiger partial charge < -0.3 is 19.8 Å². The molecule has 13 heavy (non-hydrogen) atoms. The van der Waals surface area contributed by atoms with Crippen LogP contribution in [0.2, 0.25) is 0 Å². The van der Waals surface area contributed by atoms with Crippen molar-refractivity contribution >= 4 is 11.9 Å². The fourth-order valence-corrected chi connectivity index (χ4v) is 2.72. The first-order chi connectivity index (χ1) is 5.80. The molecule has 4 nitrogen and oxygen atoms in total. The molecule has 2 fully saturated rings. The number of carboxylic acids is 2. The lowest BCUT2D eigenvalue weighted by molar-refractivity contribution is -0.316. The van der Waals surface area contributed by atoms with E-state index >= 15 is 0 Å². The van der Waals surface area contributed by atoms with Gasteiger partial charge in [-0.2, -0.15) is 0 Å². The van der Waals surface area contributed by atoms with E-state index < -0.39 is 28.2 Å². The van der Waals surface area contributed by atoms with Crippen LogP contribution in [0.15, 0.2) is 0 Å². The maximum atomic E-state index is 10.7. The first-order valence-corrected chi connectivity index (χ1v) is 4.23. The van der Waals surface area contributed by atoms with Crippen molar-refractivity contribution in [2.24, 2.45) is 16.2 Å². The molecule has 0 heterocycles. The van der Waals surface area contributed by atoms with E-state index in [1.54, 1.807) is 13.8 Å². The average molecular weight is 182 g/mol. The second kappa shape index (κ2) is 1.74. The van der Waals surface area contributed by atoms with Crippen molar-refractivity contribution in [3.63, 3.8) is 0 Å². The minimum Gasteiger partial charge on any atom is -0.550 e. The van der Waals surface area contributed by atoms with E-state index in [1.807, 2.05) is 0 Å². The SMILES string of the molecule is C[C@@]1(C(=O)[O-])CC12C[C@@]2(C)C(=O)[O-]. The number of rotatable bonds is 2. The molecule has 0 unspecified atom stereocenters. The van der Waals surface area contributed by atoms with Crippen molar-refractivity contribution < 1.29 is 19.8 Å². The van der Waals surface area contributed by atoms with Gasteiger partial charge >= 0.3 is 0 Å². The van der Waals surface area contributed by atoms with Gasteiger partial charge in [-0.25, -0.2) is 0 Å². The summed E-state index contributed by atoms with van der Waals surface area (Å²) in [5.41, 5.74) is -2.46. The van der Waals surface area contributed by atoms with Crippen molar-refractivity contribution in [1.29, 1.82) is 0 Å². The zero-order valence-corrected chi connectivity index (χ0v) is 7.55. The van der Waals surface area contributed by atoms with Crippen LogP contribution in [-0.2, 0) is 9.59 Å². The fraction of sp³-hybridized carbons (Fsp3) is 0.778. The number of carbonyl (C=O) groups is 2. The maximum Gasteiger partial charge on any atom is 0.0479 e. The molecule has 2 atom stereocenters. The average Bonchev–Trinajstić information content (AvgIpc) is 2.76. The molecule has 2 saturated carbocycles. The van der Waals surface area contributed by atoms with E-state index in [1.165, 1.54) is 0 Å². The first kappa shape index (κ1) is 8.53. The van der Waals surface area contributed by atoms with Crippen LogP contribution in [0.4, 0.5) is 0 Å². The van der Waals surface area contributed by atoms with Gasteiger partial charge in [0.2, 0.25) is 0 Å². The van der Waals surface area contributed by atoms with Crippen molar-refractivity contribution in [1.82, 2.24) is 0 Å². The smallest absolute Gasteiger partial charge is 0.0479 e. The van der Waals surface area contributed by atoms with Crippen molar-refractivity contribution in [2.45, 2.75) is 26.7 Å². The van der Waals surface area contributed by atoms with Crippen LogP contribution in [0.1, 0.15) is 26.7 Å². The molecule has 1 spiro atoms.